The number of aryl methyl sites for hydroxylation is 2. The summed E-state index contributed by atoms with van der Waals surface area (Å²) in [7, 11) is 3.19. The van der Waals surface area contributed by atoms with Crippen molar-refractivity contribution in [2.24, 2.45) is 20.4 Å². The van der Waals surface area contributed by atoms with Crippen LogP contribution in [0.15, 0.2) is 182 Å². The summed E-state index contributed by atoms with van der Waals surface area (Å²) < 4.78 is 39.8. The quantitative estimate of drug-likeness (QED) is 0.0289. The molecular weight excluding hydrogens is 1440 g/mol. The molecule has 0 atom stereocenters. The fourth-order valence-corrected chi connectivity index (χ4v) is 13.0. The number of hydrazone groups is 4. The van der Waals surface area contributed by atoms with Crippen LogP contribution in [0.5, 0.6) is 34.5 Å². The lowest BCUT2D eigenvalue weighted by Crippen LogP contribution is -2.23. The van der Waals surface area contributed by atoms with E-state index in [0.29, 0.717) is 112 Å². The third kappa shape index (κ3) is 22.4. The second-order valence-electron chi connectivity index (χ2n) is 25.7. The van der Waals surface area contributed by atoms with Crippen LogP contribution in [0.2, 0.25) is 0 Å². The summed E-state index contributed by atoms with van der Waals surface area (Å²) in [4.78, 5) is 75.3. The zero-order valence-electron chi connectivity index (χ0n) is 65.7. The van der Waals surface area contributed by atoms with Crippen molar-refractivity contribution in [1.29, 1.82) is 0 Å². The van der Waals surface area contributed by atoms with E-state index < -0.39 is 0 Å². The van der Waals surface area contributed by atoms with Crippen LogP contribution >= 0.6 is 22.7 Å². The Labute approximate surface area is 658 Å². The van der Waals surface area contributed by atoms with Crippen molar-refractivity contribution in [3.8, 4) is 34.5 Å². The number of hydrogen-bond acceptors (Lipinski definition) is 22. The van der Waals surface area contributed by atoms with Gasteiger partial charge in [-0.2, -0.15) is 35.3 Å². The predicted octanol–water partition coefficient (Wildman–Crippen LogP) is 18.3. The minimum absolute atomic E-state index is 0.127. The lowest BCUT2D eigenvalue weighted by atomic mass is 10.0. The summed E-state index contributed by atoms with van der Waals surface area (Å²) in [5.41, 5.74) is 8.87. The molecule has 0 unspecified atom stereocenters. The lowest BCUT2D eigenvalue weighted by molar-refractivity contribution is -0.115. The fraction of sp³-hybridized carbons (Fsp3) is 0.353. The van der Waals surface area contributed by atoms with Crippen LogP contribution in [0.25, 0.3) is 23.8 Å². The number of thiophene rings is 1. The summed E-state index contributed by atoms with van der Waals surface area (Å²) >= 11 is 3.10. The van der Waals surface area contributed by atoms with E-state index in [2.05, 4.69) is 99.0 Å². The molecule has 0 fully saturated rings. The van der Waals surface area contributed by atoms with Crippen molar-refractivity contribution in [2.45, 2.75) is 153 Å². The number of ether oxygens (including phenoxy) is 7. The number of carbonyl (C=O) groups excluding carboxylic acids is 4. The van der Waals surface area contributed by atoms with E-state index in [9.17, 15) is 19.2 Å². The van der Waals surface area contributed by atoms with Crippen molar-refractivity contribution in [3.05, 3.63) is 194 Å². The number of anilines is 4. The number of aromatic nitrogens is 5. The van der Waals surface area contributed by atoms with Crippen LogP contribution in [-0.4, -0.2) is 119 Å². The monoisotopic (exact) mass is 1540 g/mol. The van der Waals surface area contributed by atoms with Gasteiger partial charge >= 0.3 is 0 Å². The number of rotatable bonds is 31. The Balaban J connectivity index is 0.000000171. The Morgan fingerprint density at radius 3 is 1.54 bits per heavy atom. The van der Waals surface area contributed by atoms with Crippen LogP contribution in [-0.2, 0) is 23.9 Å². The van der Waals surface area contributed by atoms with Gasteiger partial charge in [-0.15, -0.1) is 27.8 Å². The molecule has 5 aromatic heterocycles. The molecule has 4 amide bonds. The van der Waals surface area contributed by atoms with E-state index in [1.165, 1.54) is 36.2 Å². The van der Waals surface area contributed by atoms with Gasteiger partial charge in [0, 0.05) is 39.9 Å². The molecule has 582 valence electrons. The van der Waals surface area contributed by atoms with E-state index >= 15 is 0 Å². The highest BCUT2D eigenvalue weighted by Crippen LogP contribution is 2.37. The van der Waals surface area contributed by atoms with E-state index in [0.717, 1.165) is 127 Å². The topological polar surface area (TPSA) is 260 Å². The first kappa shape index (κ1) is 83.5. The molecule has 0 N–H and O–H groups in total. The Bertz CT molecular complexity index is 4740. The summed E-state index contributed by atoms with van der Waals surface area (Å²) in [6.07, 6.45) is 25.0. The Morgan fingerprint density at radius 2 is 1.00 bits per heavy atom. The van der Waals surface area contributed by atoms with Gasteiger partial charge in [-0.1, -0.05) is 104 Å². The summed E-state index contributed by atoms with van der Waals surface area (Å²) in [6, 6.07) is 31.9. The highest BCUT2D eigenvalue weighted by atomic mass is 32.1. The first-order valence-corrected chi connectivity index (χ1v) is 39.4. The van der Waals surface area contributed by atoms with Crippen LogP contribution in [0.3, 0.4) is 0 Å². The van der Waals surface area contributed by atoms with Gasteiger partial charge in [0.2, 0.25) is 11.0 Å². The van der Waals surface area contributed by atoms with Crippen molar-refractivity contribution >= 4 is 116 Å². The normalized spacial score (nSPS) is 15.3. The maximum Gasteiger partial charge on any atom is 0.285 e. The van der Waals surface area contributed by atoms with Gasteiger partial charge in [0.1, 0.15) is 5.57 Å². The molecular formula is C85H99N13O11S2. The SMILES string of the molecule is CCCC1=NN(c2cnccn2)C(=O)C1=C(C)c1ccc(C)s1.CCCCCC1=NN(c2ccccn2)C(=O)C1=Cc1ccc(OC)c(OC)c1.CCCCOc1ccc(C=C2C(=O)N(c3nc(C)cs3)N=C2C)cc1OCCCC.CCCOc1ccc(C=C2C(=O)N(c3ccccn3)N=C2OCC)cc1OCCC. The number of pyridine rings is 2. The van der Waals surface area contributed by atoms with Crippen LogP contribution < -0.4 is 48.5 Å². The minimum Gasteiger partial charge on any atom is -0.493 e. The molecule has 111 heavy (non-hydrogen) atoms. The zero-order chi connectivity index (χ0) is 79.2. The molecule has 4 aliphatic heterocycles. The van der Waals surface area contributed by atoms with Crippen molar-refractivity contribution in [2.75, 3.05) is 67.3 Å². The lowest BCUT2D eigenvalue weighted by Gasteiger charge is -2.13. The van der Waals surface area contributed by atoms with Crippen molar-refractivity contribution in [1.82, 2.24) is 24.9 Å². The molecule has 0 spiro atoms. The molecule has 3 aromatic carbocycles. The second kappa shape index (κ2) is 42.5. The van der Waals surface area contributed by atoms with Gasteiger partial charge < -0.3 is 33.2 Å². The summed E-state index contributed by atoms with van der Waals surface area (Å²) in [6.45, 7) is 25.1. The van der Waals surface area contributed by atoms with Gasteiger partial charge in [0.05, 0.1) is 93.0 Å². The Kier molecular flexibility index (Phi) is 31.9. The summed E-state index contributed by atoms with van der Waals surface area (Å²) in [5.74, 6) is 5.01. The molecule has 0 radical (unpaired) electrons. The van der Waals surface area contributed by atoms with Crippen LogP contribution in [0.4, 0.5) is 22.6 Å². The van der Waals surface area contributed by atoms with Gasteiger partial charge in [-0.05, 0) is 193 Å². The number of carbonyl (C=O) groups is 4. The maximum atomic E-state index is 13.1. The number of allylic oxidation sites excluding steroid dienone is 1. The van der Waals surface area contributed by atoms with Gasteiger partial charge in [0.15, 0.2) is 52.0 Å². The Morgan fingerprint density at radius 1 is 0.459 bits per heavy atom. The average molecular weight is 1540 g/mol. The smallest absolute Gasteiger partial charge is 0.285 e. The first-order valence-electron chi connectivity index (χ1n) is 37.7. The van der Waals surface area contributed by atoms with Crippen LogP contribution in [0.1, 0.15) is 172 Å². The standard InChI is InChI=1S/C23H27N3O4.C23H29N3O3S.C22H25N3O3.C17H18N4OS/c1-4-13-29-19-11-10-17(16-20(19)30-14-5-2)15-18-22(28-6-3)25-26(23(18)27)21-9-7-8-12-24-21;1-5-7-11-28-20-10-9-18(14-21(20)29-12-8-6-2)13-19-17(4)25-26(22(19)27)23-24-16(3)15-30-23;1-4-5-6-9-18-17(14-16-11-12-19(27-2)20(15-16)28-3)22(26)25(24-18)21-10-7-8-13-23-21;1-4-5-13-16(12(3)14-7-6-11(2)23-14)17(22)21(20-13)15-10-18-8-9-19-15/h7-12,15-16H,4-6,13-14H2,1-3H3;9-10,13-15H,5-8,11-12H2,1-4H3;7-8,10-15H,4-6,9H2,1-3H3;6-10H,4-5H2,1-3H3. The highest BCUT2D eigenvalue weighted by molar-refractivity contribution is 7.14. The number of amides is 4. The molecule has 0 aliphatic carbocycles. The predicted molar refractivity (Wildman–Crippen MR) is 444 cm³/mol. The van der Waals surface area contributed by atoms with Crippen LogP contribution in [0, 0.1) is 13.8 Å². The van der Waals surface area contributed by atoms with Gasteiger partial charge in [-0.25, -0.2) is 19.9 Å². The van der Waals surface area contributed by atoms with E-state index in [1.54, 1.807) is 86.9 Å². The number of thiazole rings is 1. The van der Waals surface area contributed by atoms with E-state index in [-0.39, 0.29) is 29.5 Å². The third-order valence-corrected chi connectivity index (χ3v) is 19.1. The molecule has 0 saturated carbocycles. The molecule has 0 saturated heterocycles. The summed E-state index contributed by atoms with van der Waals surface area (Å²) in [5, 5.41) is 25.7. The Hall–Kier alpha value is -11.5. The maximum absolute atomic E-state index is 13.1. The van der Waals surface area contributed by atoms with Crippen molar-refractivity contribution < 1.29 is 52.3 Å². The molecule has 0 bridgehead atoms. The van der Waals surface area contributed by atoms with E-state index in [1.807, 2.05) is 119 Å². The molecule has 8 aromatic rings. The minimum atomic E-state index is -0.292. The third-order valence-electron chi connectivity index (χ3n) is 17.0. The van der Waals surface area contributed by atoms with Crippen molar-refractivity contribution in [3.63, 3.8) is 0 Å². The number of hydrogen-bond donors (Lipinski definition) is 0. The number of methoxy groups -OCH3 is 2. The molecule has 24 nitrogen and oxygen atoms in total. The number of benzene rings is 3. The highest BCUT2D eigenvalue weighted by Gasteiger charge is 2.37. The largest absolute Gasteiger partial charge is 0.493 e. The average Bonchev–Trinajstić information content (AvgIpc) is 1.66. The van der Waals surface area contributed by atoms with Gasteiger partial charge in [0.25, 0.3) is 23.6 Å². The fourth-order valence-electron chi connectivity index (χ4n) is 11.4. The zero-order valence-corrected chi connectivity index (χ0v) is 67.3. The van der Waals surface area contributed by atoms with Gasteiger partial charge in [-0.3, -0.25) is 24.2 Å². The second-order valence-corrected chi connectivity index (χ2v) is 27.8. The van der Waals surface area contributed by atoms with E-state index in [4.69, 9.17) is 33.2 Å². The molecule has 12 rings (SSSR count). The number of nitrogens with zero attached hydrogens (tertiary/aromatic N) is 13. The first-order chi connectivity index (χ1) is 54.0. The molecule has 4 aliphatic rings. The molecule has 26 heteroatoms. The number of unbranched alkanes of at least 4 members (excludes halogenated alkanes) is 4. The molecule has 9 heterocycles.